The number of rotatable bonds is 6. The highest BCUT2D eigenvalue weighted by Crippen LogP contribution is 2.29. The van der Waals surface area contributed by atoms with Gasteiger partial charge in [-0.15, -0.1) is 0 Å². The normalized spacial score (nSPS) is 11.8. The zero-order valence-corrected chi connectivity index (χ0v) is 12.9. The highest BCUT2D eigenvalue weighted by atomic mass is 35.5. The first kappa shape index (κ1) is 15.5. The maximum atomic E-state index is 6.16. The van der Waals surface area contributed by atoms with Crippen molar-refractivity contribution in [2.45, 2.75) is 6.04 Å². The molecule has 0 fully saturated rings. The molecule has 4 nitrogen and oxygen atoms in total. The van der Waals surface area contributed by atoms with Crippen LogP contribution in [0.4, 0.5) is 5.69 Å². The number of ether oxygens (including phenoxy) is 2. The van der Waals surface area contributed by atoms with Gasteiger partial charge in [0.2, 0.25) is 0 Å². The smallest absolute Gasteiger partial charge is 0.137 e. The van der Waals surface area contributed by atoms with Crippen LogP contribution in [0.5, 0.6) is 11.5 Å². The predicted molar refractivity (Wildman–Crippen MR) is 86.4 cm³/mol. The Kier molecular flexibility index (Phi) is 5.31. The van der Waals surface area contributed by atoms with Gasteiger partial charge in [0.15, 0.2) is 0 Å². The number of hydrogen-bond acceptors (Lipinski definition) is 4. The van der Waals surface area contributed by atoms with Crippen LogP contribution in [0.15, 0.2) is 42.5 Å². The third-order valence-corrected chi connectivity index (χ3v) is 3.54. The molecule has 0 saturated heterocycles. The van der Waals surface area contributed by atoms with Crippen LogP contribution in [0.25, 0.3) is 0 Å². The van der Waals surface area contributed by atoms with Gasteiger partial charge in [0.1, 0.15) is 11.5 Å². The zero-order valence-electron chi connectivity index (χ0n) is 12.1. The van der Waals surface area contributed by atoms with Crippen LogP contribution in [0.1, 0.15) is 11.6 Å². The summed E-state index contributed by atoms with van der Waals surface area (Å²) in [6, 6.07) is 13.3. The Balaban J connectivity index is 2.16. The molecule has 0 aliphatic rings. The molecule has 0 radical (unpaired) electrons. The van der Waals surface area contributed by atoms with E-state index in [2.05, 4.69) is 5.32 Å². The minimum atomic E-state index is -0.0261. The van der Waals surface area contributed by atoms with Crippen molar-refractivity contribution in [3.63, 3.8) is 0 Å². The molecule has 1 unspecified atom stereocenters. The van der Waals surface area contributed by atoms with Crippen molar-refractivity contribution in [2.75, 3.05) is 26.1 Å². The van der Waals surface area contributed by atoms with Gasteiger partial charge in [-0.05, 0) is 42.0 Å². The molecule has 0 aliphatic heterocycles. The number of anilines is 1. The first-order chi connectivity index (χ1) is 10.2. The number of halogens is 1. The van der Waals surface area contributed by atoms with Gasteiger partial charge in [-0.3, -0.25) is 0 Å². The lowest BCUT2D eigenvalue weighted by Crippen LogP contribution is -2.20. The number of benzene rings is 2. The fourth-order valence-corrected chi connectivity index (χ4v) is 2.33. The molecule has 2 rings (SSSR count). The molecule has 0 spiro atoms. The highest BCUT2D eigenvalue weighted by Gasteiger charge is 2.12. The second-order valence-corrected chi connectivity index (χ2v) is 4.96. The second-order valence-electron chi connectivity index (χ2n) is 4.56. The molecule has 2 aromatic carbocycles. The molecular weight excluding hydrogens is 288 g/mol. The molecule has 0 amide bonds. The highest BCUT2D eigenvalue weighted by molar-refractivity contribution is 6.32. The van der Waals surface area contributed by atoms with Gasteiger partial charge < -0.3 is 20.5 Å². The molecule has 0 aliphatic carbocycles. The molecule has 0 bridgehead atoms. The summed E-state index contributed by atoms with van der Waals surface area (Å²) in [7, 11) is 3.24. The lowest BCUT2D eigenvalue weighted by Gasteiger charge is -2.19. The van der Waals surface area contributed by atoms with Crippen LogP contribution in [0, 0.1) is 0 Å². The monoisotopic (exact) mass is 306 g/mol. The van der Waals surface area contributed by atoms with Gasteiger partial charge in [0.05, 0.1) is 25.3 Å². The zero-order chi connectivity index (χ0) is 15.2. The summed E-state index contributed by atoms with van der Waals surface area (Å²) >= 11 is 6.16. The summed E-state index contributed by atoms with van der Waals surface area (Å²) in [5, 5.41) is 3.96. The molecule has 0 saturated carbocycles. The third kappa shape index (κ3) is 3.80. The number of methoxy groups -OCH3 is 2. The fourth-order valence-electron chi connectivity index (χ4n) is 2.07. The number of nitrogens with one attached hydrogen (secondary N) is 1. The van der Waals surface area contributed by atoms with Gasteiger partial charge >= 0.3 is 0 Å². The molecule has 0 heterocycles. The molecule has 21 heavy (non-hydrogen) atoms. The average molecular weight is 307 g/mol. The largest absolute Gasteiger partial charge is 0.497 e. The van der Waals surface area contributed by atoms with Crippen molar-refractivity contribution in [1.82, 2.24) is 0 Å². The second kappa shape index (κ2) is 7.20. The van der Waals surface area contributed by atoms with E-state index in [1.54, 1.807) is 14.2 Å². The molecular formula is C16H19ClN2O2. The Morgan fingerprint density at radius 3 is 2.33 bits per heavy atom. The van der Waals surface area contributed by atoms with Crippen molar-refractivity contribution in [2.24, 2.45) is 5.73 Å². The van der Waals surface area contributed by atoms with E-state index in [0.717, 1.165) is 17.0 Å². The van der Waals surface area contributed by atoms with Crippen molar-refractivity contribution in [3.05, 3.63) is 53.1 Å². The van der Waals surface area contributed by atoms with E-state index < -0.39 is 0 Å². The predicted octanol–water partition coefficient (Wildman–Crippen LogP) is 3.47. The molecule has 1 atom stereocenters. The molecule has 112 valence electrons. The first-order valence-electron chi connectivity index (χ1n) is 6.62. The van der Waals surface area contributed by atoms with Crippen molar-refractivity contribution in [3.8, 4) is 11.5 Å². The topological polar surface area (TPSA) is 56.5 Å². The van der Waals surface area contributed by atoms with Gasteiger partial charge in [0.25, 0.3) is 0 Å². The molecule has 5 heteroatoms. The van der Waals surface area contributed by atoms with Gasteiger partial charge in [-0.25, -0.2) is 0 Å². The Bertz CT molecular complexity index is 587. The third-order valence-electron chi connectivity index (χ3n) is 3.24. The maximum absolute atomic E-state index is 6.16. The Morgan fingerprint density at radius 1 is 1.10 bits per heavy atom. The van der Waals surface area contributed by atoms with Gasteiger partial charge in [0, 0.05) is 12.2 Å². The van der Waals surface area contributed by atoms with Gasteiger partial charge in [-0.1, -0.05) is 17.7 Å². The van der Waals surface area contributed by atoms with Gasteiger partial charge in [-0.2, -0.15) is 0 Å². The van der Waals surface area contributed by atoms with Crippen LogP contribution in [0.2, 0.25) is 5.02 Å². The molecule has 0 aromatic heterocycles. The lowest BCUT2D eigenvalue weighted by atomic mass is 10.1. The SMILES string of the molecule is COc1ccc(NC(CN)c2ccc(OC)c(Cl)c2)cc1. The quantitative estimate of drug-likeness (QED) is 0.858. The Hall–Kier alpha value is -1.91. The average Bonchev–Trinajstić information content (AvgIpc) is 2.53. The van der Waals surface area contributed by atoms with E-state index in [0.29, 0.717) is 17.3 Å². The summed E-state index contributed by atoms with van der Waals surface area (Å²) in [5.74, 6) is 1.47. The van der Waals surface area contributed by atoms with Crippen LogP contribution in [-0.2, 0) is 0 Å². The first-order valence-corrected chi connectivity index (χ1v) is 6.99. The standard InChI is InChI=1S/C16H19ClN2O2/c1-20-13-6-4-12(5-7-13)19-15(10-18)11-3-8-16(21-2)14(17)9-11/h3-9,15,19H,10,18H2,1-2H3. The van der Waals surface area contributed by atoms with E-state index in [1.807, 2.05) is 42.5 Å². The molecule has 3 N–H and O–H groups in total. The summed E-state index contributed by atoms with van der Waals surface area (Å²) in [6.45, 7) is 0.453. The van der Waals surface area contributed by atoms with E-state index in [-0.39, 0.29) is 6.04 Å². The summed E-state index contributed by atoms with van der Waals surface area (Å²) in [4.78, 5) is 0. The Morgan fingerprint density at radius 2 is 1.81 bits per heavy atom. The summed E-state index contributed by atoms with van der Waals surface area (Å²) in [5.41, 5.74) is 7.85. The van der Waals surface area contributed by atoms with E-state index >= 15 is 0 Å². The number of hydrogen-bond donors (Lipinski definition) is 2. The maximum Gasteiger partial charge on any atom is 0.137 e. The van der Waals surface area contributed by atoms with Crippen molar-refractivity contribution >= 4 is 17.3 Å². The number of nitrogens with two attached hydrogens (primary N) is 1. The van der Waals surface area contributed by atoms with Crippen molar-refractivity contribution in [1.29, 1.82) is 0 Å². The minimum absolute atomic E-state index is 0.0261. The van der Waals surface area contributed by atoms with Crippen molar-refractivity contribution < 1.29 is 9.47 Å². The Labute approximate surface area is 129 Å². The minimum Gasteiger partial charge on any atom is -0.497 e. The molecule has 2 aromatic rings. The van der Waals surface area contributed by atoms with E-state index in [4.69, 9.17) is 26.8 Å². The summed E-state index contributed by atoms with van der Waals surface area (Å²) in [6.07, 6.45) is 0. The fraction of sp³-hybridized carbons (Fsp3) is 0.250. The van der Waals surface area contributed by atoms with Crippen LogP contribution >= 0.6 is 11.6 Å². The van der Waals surface area contributed by atoms with Crippen LogP contribution < -0.4 is 20.5 Å². The van der Waals surface area contributed by atoms with E-state index in [1.165, 1.54) is 0 Å². The van der Waals surface area contributed by atoms with E-state index in [9.17, 15) is 0 Å². The lowest BCUT2D eigenvalue weighted by molar-refractivity contribution is 0.414. The van der Waals surface area contributed by atoms with Crippen LogP contribution in [0.3, 0.4) is 0 Å². The van der Waals surface area contributed by atoms with Crippen LogP contribution in [-0.4, -0.2) is 20.8 Å². The summed E-state index contributed by atoms with van der Waals surface area (Å²) < 4.78 is 10.3.